The minimum Gasteiger partial charge on any atom is -0.325 e. The van der Waals surface area contributed by atoms with Crippen LogP contribution in [0, 0.1) is 0 Å². The van der Waals surface area contributed by atoms with E-state index < -0.39 is 24.8 Å². The summed E-state index contributed by atoms with van der Waals surface area (Å²) in [6.45, 7) is -0.590. The highest BCUT2D eigenvalue weighted by atomic mass is 19.3. The van der Waals surface area contributed by atoms with Gasteiger partial charge in [-0.2, -0.15) is 0 Å². The maximum absolute atomic E-state index is 12.0. The Morgan fingerprint density at radius 3 is 1.70 bits per heavy atom. The van der Waals surface area contributed by atoms with Crippen molar-refractivity contribution in [2.24, 2.45) is 5.73 Å². The third-order valence-corrected chi connectivity index (χ3v) is 0.868. The van der Waals surface area contributed by atoms with E-state index in [1.807, 2.05) is 0 Å². The molecule has 0 aliphatic heterocycles. The molecule has 0 aliphatic rings. The van der Waals surface area contributed by atoms with Crippen LogP contribution in [-0.2, 0) is 0 Å². The maximum atomic E-state index is 12.0. The molecule has 5 heteroatoms. The summed E-state index contributed by atoms with van der Waals surface area (Å²) in [5.41, 5.74) is 4.53. The lowest BCUT2D eigenvalue weighted by Crippen LogP contribution is -2.33. The van der Waals surface area contributed by atoms with Crippen molar-refractivity contribution in [3.63, 3.8) is 0 Å². The fraction of sp³-hybridized carbons (Fsp3) is 1.00. The van der Waals surface area contributed by atoms with Crippen molar-refractivity contribution in [1.29, 1.82) is 0 Å². The average molecular weight is 159 g/mol. The molecule has 10 heavy (non-hydrogen) atoms. The molecule has 1 nitrogen and oxygen atoms in total. The first kappa shape index (κ1) is 9.68. The smallest absolute Gasteiger partial charge is 0.265 e. The van der Waals surface area contributed by atoms with Crippen molar-refractivity contribution in [1.82, 2.24) is 0 Å². The Bertz CT molecular complexity index is 107. The van der Waals surface area contributed by atoms with E-state index in [4.69, 9.17) is 0 Å². The molecule has 0 fully saturated rings. The third kappa shape index (κ3) is 4.55. The lowest BCUT2D eigenvalue weighted by atomic mass is 10.1. The second kappa shape index (κ2) is 2.74. The number of hydrogen-bond donors (Lipinski definition) is 1. The molecule has 0 aromatic carbocycles. The summed E-state index contributed by atoms with van der Waals surface area (Å²) in [7, 11) is 0. The number of rotatable bonds is 3. The molecule has 0 aliphatic carbocycles. The van der Waals surface area contributed by atoms with Gasteiger partial charge < -0.3 is 5.73 Å². The van der Waals surface area contributed by atoms with Gasteiger partial charge in [0.25, 0.3) is 11.8 Å². The van der Waals surface area contributed by atoms with Gasteiger partial charge in [-0.05, 0) is 6.92 Å². The van der Waals surface area contributed by atoms with Crippen molar-refractivity contribution in [3.8, 4) is 0 Å². The number of alkyl halides is 4. The monoisotopic (exact) mass is 159 g/mol. The summed E-state index contributed by atoms with van der Waals surface area (Å²) >= 11 is 0. The van der Waals surface area contributed by atoms with Crippen LogP contribution >= 0.6 is 0 Å². The standard InChI is InChI=1S/C5H9F4N/c1-4(6,7)2-5(8,9)3-10/h2-3,10H2,1H3. The van der Waals surface area contributed by atoms with Crippen LogP contribution in [0.1, 0.15) is 13.3 Å². The summed E-state index contributed by atoms with van der Waals surface area (Å²) in [5, 5.41) is 0. The molecule has 0 bridgehead atoms. The number of halogens is 4. The van der Waals surface area contributed by atoms with Crippen molar-refractivity contribution in [3.05, 3.63) is 0 Å². The highest BCUT2D eigenvalue weighted by molar-refractivity contribution is 4.74. The van der Waals surface area contributed by atoms with Gasteiger partial charge in [0.1, 0.15) is 0 Å². The van der Waals surface area contributed by atoms with E-state index in [0.29, 0.717) is 6.92 Å². The molecule has 0 rings (SSSR count). The van der Waals surface area contributed by atoms with E-state index in [2.05, 4.69) is 5.73 Å². The van der Waals surface area contributed by atoms with Gasteiger partial charge in [0.15, 0.2) is 0 Å². The minimum absolute atomic E-state index is 0.441. The quantitative estimate of drug-likeness (QED) is 0.622. The Morgan fingerprint density at radius 2 is 1.60 bits per heavy atom. The van der Waals surface area contributed by atoms with Crippen LogP contribution < -0.4 is 5.73 Å². The van der Waals surface area contributed by atoms with Gasteiger partial charge in [-0.1, -0.05) is 0 Å². The largest absolute Gasteiger partial charge is 0.325 e. The Labute approximate surface area is 56.2 Å². The van der Waals surface area contributed by atoms with E-state index in [9.17, 15) is 17.6 Å². The first-order chi connectivity index (χ1) is 4.27. The predicted octanol–water partition coefficient (Wildman–Crippen LogP) is 1.63. The molecule has 0 saturated carbocycles. The van der Waals surface area contributed by atoms with Gasteiger partial charge in [-0.3, -0.25) is 0 Å². The Hall–Kier alpha value is -0.320. The fourth-order valence-electron chi connectivity index (χ4n) is 0.526. The molecule has 0 spiro atoms. The number of hydrogen-bond acceptors (Lipinski definition) is 1. The first-order valence-electron chi connectivity index (χ1n) is 2.72. The van der Waals surface area contributed by atoms with E-state index in [0.717, 1.165) is 0 Å². The summed E-state index contributed by atoms with van der Waals surface area (Å²) in [6.07, 6.45) is -1.48. The van der Waals surface area contributed by atoms with Crippen LogP contribution in [0.15, 0.2) is 0 Å². The molecule has 2 N–H and O–H groups in total. The fourth-order valence-corrected chi connectivity index (χ4v) is 0.526. The molecule has 0 aromatic heterocycles. The molecule has 0 radical (unpaired) electrons. The maximum Gasteiger partial charge on any atom is 0.265 e. The van der Waals surface area contributed by atoms with Crippen LogP contribution in [0.25, 0.3) is 0 Å². The lowest BCUT2D eigenvalue weighted by Gasteiger charge is -2.17. The van der Waals surface area contributed by atoms with E-state index in [-0.39, 0.29) is 0 Å². The zero-order chi connectivity index (χ0) is 8.41. The normalized spacial score (nSPS) is 13.8. The second-order valence-corrected chi connectivity index (χ2v) is 2.31. The summed E-state index contributed by atoms with van der Waals surface area (Å²) < 4.78 is 47.8. The molecule has 62 valence electrons. The van der Waals surface area contributed by atoms with Crippen molar-refractivity contribution < 1.29 is 17.6 Å². The van der Waals surface area contributed by atoms with E-state index in [1.54, 1.807) is 0 Å². The van der Waals surface area contributed by atoms with Crippen LogP contribution in [0.3, 0.4) is 0 Å². The van der Waals surface area contributed by atoms with Crippen LogP contribution in [0.4, 0.5) is 17.6 Å². The highest BCUT2D eigenvalue weighted by Crippen LogP contribution is 2.28. The molecule has 0 amide bonds. The second-order valence-electron chi connectivity index (χ2n) is 2.31. The van der Waals surface area contributed by atoms with Gasteiger partial charge in [0.2, 0.25) is 0 Å². The lowest BCUT2D eigenvalue weighted by molar-refractivity contribution is -0.0946. The molecule has 0 saturated heterocycles. The zero-order valence-electron chi connectivity index (χ0n) is 5.50. The summed E-state index contributed by atoms with van der Waals surface area (Å²) in [5.74, 6) is -6.79. The summed E-state index contributed by atoms with van der Waals surface area (Å²) in [4.78, 5) is 0. The Balaban J connectivity index is 3.89. The molecule has 0 aromatic rings. The molecular weight excluding hydrogens is 150 g/mol. The third-order valence-electron chi connectivity index (χ3n) is 0.868. The molecule has 0 atom stereocenters. The number of nitrogens with two attached hydrogens (primary N) is 1. The van der Waals surface area contributed by atoms with Gasteiger partial charge in [0, 0.05) is 0 Å². The van der Waals surface area contributed by atoms with Gasteiger partial charge >= 0.3 is 0 Å². The Kier molecular flexibility index (Phi) is 2.65. The molecule has 0 unspecified atom stereocenters. The predicted molar refractivity (Wildman–Crippen MR) is 29.2 cm³/mol. The molecular formula is C5H9F4N. The van der Waals surface area contributed by atoms with Crippen LogP contribution in [0.5, 0.6) is 0 Å². The summed E-state index contributed by atoms with van der Waals surface area (Å²) in [6, 6.07) is 0. The van der Waals surface area contributed by atoms with Crippen molar-refractivity contribution in [2.75, 3.05) is 6.54 Å². The van der Waals surface area contributed by atoms with Gasteiger partial charge in [-0.25, -0.2) is 17.6 Å². The van der Waals surface area contributed by atoms with Crippen LogP contribution in [0.2, 0.25) is 0 Å². The topological polar surface area (TPSA) is 26.0 Å². The Morgan fingerprint density at radius 1 is 1.20 bits per heavy atom. The van der Waals surface area contributed by atoms with Gasteiger partial charge in [-0.15, -0.1) is 0 Å². The van der Waals surface area contributed by atoms with Crippen LogP contribution in [-0.4, -0.2) is 18.4 Å². The van der Waals surface area contributed by atoms with Crippen molar-refractivity contribution in [2.45, 2.75) is 25.2 Å². The first-order valence-corrected chi connectivity index (χ1v) is 2.72. The SMILES string of the molecule is CC(F)(F)CC(F)(F)CN. The minimum atomic E-state index is -3.45. The highest BCUT2D eigenvalue weighted by Gasteiger charge is 2.38. The molecule has 0 heterocycles. The van der Waals surface area contributed by atoms with Crippen molar-refractivity contribution >= 4 is 0 Å². The average Bonchev–Trinajstić information content (AvgIpc) is 1.60. The zero-order valence-corrected chi connectivity index (χ0v) is 5.50. The van der Waals surface area contributed by atoms with Gasteiger partial charge in [0.05, 0.1) is 13.0 Å². The van der Waals surface area contributed by atoms with E-state index >= 15 is 0 Å². The van der Waals surface area contributed by atoms with E-state index in [1.165, 1.54) is 0 Å².